The molecule has 0 aromatic heterocycles. The van der Waals surface area contributed by atoms with Gasteiger partial charge in [0, 0.05) is 13.1 Å². The molecule has 2 rings (SSSR count). The topological polar surface area (TPSA) is 57.6 Å². The van der Waals surface area contributed by atoms with Gasteiger partial charge in [-0.3, -0.25) is 0 Å². The molecule has 1 aromatic carbocycles. The van der Waals surface area contributed by atoms with Crippen molar-refractivity contribution < 1.29 is 13.5 Å². The second-order valence-corrected chi connectivity index (χ2v) is 6.73. The van der Waals surface area contributed by atoms with E-state index in [-0.39, 0.29) is 6.61 Å². The summed E-state index contributed by atoms with van der Waals surface area (Å²) in [6.45, 7) is 4.46. The second kappa shape index (κ2) is 5.45. The van der Waals surface area contributed by atoms with E-state index in [1.54, 1.807) is 13.0 Å². The summed E-state index contributed by atoms with van der Waals surface area (Å²) in [5.74, 6) is 0. The molecular formula is C14H19NO3S. The molecule has 0 radical (unpaired) electrons. The highest BCUT2D eigenvalue weighted by atomic mass is 32.2. The lowest BCUT2D eigenvalue weighted by Crippen LogP contribution is -2.34. The van der Waals surface area contributed by atoms with E-state index < -0.39 is 10.0 Å². The van der Waals surface area contributed by atoms with Crippen LogP contribution in [0.1, 0.15) is 23.1 Å². The summed E-state index contributed by atoms with van der Waals surface area (Å²) in [5, 5.41) is 9.29. The van der Waals surface area contributed by atoms with Gasteiger partial charge in [0.15, 0.2) is 0 Å². The average molecular weight is 281 g/mol. The Bertz CT molecular complexity index is 605. The number of sulfonamides is 1. The Morgan fingerprint density at radius 2 is 1.95 bits per heavy atom. The molecule has 0 unspecified atom stereocenters. The zero-order chi connectivity index (χ0) is 14.0. The molecule has 0 saturated heterocycles. The Balaban J connectivity index is 2.48. The van der Waals surface area contributed by atoms with Crippen molar-refractivity contribution in [1.29, 1.82) is 0 Å². The van der Waals surface area contributed by atoms with Crippen LogP contribution in [0.3, 0.4) is 0 Å². The number of aliphatic hydroxyl groups is 1. The third kappa shape index (κ3) is 2.73. The van der Waals surface area contributed by atoms with Crippen LogP contribution in [0.4, 0.5) is 0 Å². The summed E-state index contributed by atoms with van der Waals surface area (Å²) in [6, 6.07) is 3.41. The fourth-order valence-corrected chi connectivity index (χ4v) is 3.96. The predicted molar refractivity (Wildman–Crippen MR) is 74.4 cm³/mol. The molecule has 19 heavy (non-hydrogen) atoms. The van der Waals surface area contributed by atoms with Gasteiger partial charge in [0.05, 0.1) is 11.5 Å². The molecule has 0 amide bonds. The van der Waals surface area contributed by atoms with E-state index in [4.69, 9.17) is 0 Å². The number of rotatable bonds is 3. The molecule has 1 aliphatic heterocycles. The SMILES string of the molecule is Cc1cc(C)c(S(=O)(=O)N2CC=CCC2)cc1CO. The van der Waals surface area contributed by atoms with Crippen molar-refractivity contribution in [2.45, 2.75) is 31.8 Å². The summed E-state index contributed by atoms with van der Waals surface area (Å²) in [7, 11) is -3.47. The third-order valence-corrected chi connectivity index (χ3v) is 5.45. The van der Waals surface area contributed by atoms with Gasteiger partial charge < -0.3 is 5.11 Å². The minimum Gasteiger partial charge on any atom is -0.392 e. The molecule has 1 heterocycles. The molecule has 1 N–H and O–H groups in total. The van der Waals surface area contributed by atoms with E-state index in [0.717, 1.165) is 17.5 Å². The monoisotopic (exact) mass is 281 g/mol. The fraction of sp³-hybridized carbons (Fsp3) is 0.429. The fourth-order valence-electron chi connectivity index (χ4n) is 2.30. The van der Waals surface area contributed by atoms with Gasteiger partial charge in [0.1, 0.15) is 0 Å². The molecule has 5 heteroatoms. The molecule has 0 spiro atoms. The van der Waals surface area contributed by atoms with E-state index in [1.165, 1.54) is 4.31 Å². The standard InChI is InChI=1S/C14H19NO3S/c1-11-8-12(2)14(9-13(11)10-16)19(17,18)15-6-4-3-5-7-15/h3-4,8-9,16H,5-7,10H2,1-2H3. The zero-order valence-corrected chi connectivity index (χ0v) is 12.1. The second-order valence-electron chi connectivity index (χ2n) is 4.83. The molecule has 0 bridgehead atoms. The lowest BCUT2D eigenvalue weighted by molar-refractivity contribution is 0.280. The summed E-state index contributed by atoms with van der Waals surface area (Å²) >= 11 is 0. The van der Waals surface area contributed by atoms with Gasteiger partial charge in [-0.05, 0) is 43.0 Å². The van der Waals surface area contributed by atoms with Crippen molar-refractivity contribution in [2.24, 2.45) is 0 Å². The minimum atomic E-state index is -3.47. The zero-order valence-electron chi connectivity index (χ0n) is 11.3. The normalized spacial score (nSPS) is 16.8. The maximum absolute atomic E-state index is 12.6. The van der Waals surface area contributed by atoms with Gasteiger partial charge in [0.25, 0.3) is 0 Å². The third-order valence-electron chi connectivity index (χ3n) is 3.44. The number of hydrogen-bond donors (Lipinski definition) is 1. The van der Waals surface area contributed by atoms with Crippen molar-refractivity contribution in [1.82, 2.24) is 4.31 Å². The molecule has 0 atom stereocenters. The Kier molecular flexibility index (Phi) is 4.08. The van der Waals surface area contributed by atoms with E-state index in [2.05, 4.69) is 0 Å². The van der Waals surface area contributed by atoms with E-state index in [1.807, 2.05) is 25.1 Å². The van der Waals surface area contributed by atoms with Crippen LogP contribution in [-0.4, -0.2) is 30.9 Å². The number of aliphatic hydroxyl groups excluding tert-OH is 1. The Morgan fingerprint density at radius 1 is 1.21 bits per heavy atom. The van der Waals surface area contributed by atoms with Crippen molar-refractivity contribution in [3.8, 4) is 0 Å². The first-order valence-electron chi connectivity index (χ1n) is 6.33. The predicted octanol–water partition coefficient (Wildman–Crippen LogP) is 1.75. The lowest BCUT2D eigenvalue weighted by atomic mass is 10.1. The van der Waals surface area contributed by atoms with E-state index >= 15 is 0 Å². The maximum Gasteiger partial charge on any atom is 0.243 e. The summed E-state index contributed by atoms with van der Waals surface area (Å²) < 4.78 is 26.7. The lowest BCUT2D eigenvalue weighted by Gasteiger charge is -2.24. The largest absolute Gasteiger partial charge is 0.392 e. The highest BCUT2D eigenvalue weighted by molar-refractivity contribution is 7.89. The van der Waals surface area contributed by atoms with Gasteiger partial charge in [-0.1, -0.05) is 18.2 Å². The van der Waals surface area contributed by atoms with Gasteiger partial charge in [-0.15, -0.1) is 0 Å². The smallest absolute Gasteiger partial charge is 0.243 e. The minimum absolute atomic E-state index is 0.144. The first-order valence-corrected chi connectivity index (χ1v) is 7.77. The Labute approximate surface area is 114 Å². The summed E-state index contributed by atoms with van der Waals surface area (Å²) in [4.78, 5) is 0.303. The van der Waals surface area contributed by atoms with Crippen LogP contribution < -0.4 is 0 Å². The van der Waals surface area contributed by atoms with Crippen LogP contribution in [0.15, 0.2) is 29.2 Å². The van der Waals surface area contributed by atoms with E-state index in [0.29, 0.717) is 23.5 Å². The molecule has 1 aliphatic rings. The van der Waals surface area contributed by atoms with Crippen molar-refractivity contribution in [3.05, 3.63) is 41.0 Å². The number of benzene rings is 1. The molecule has 0 fully saturated rings. The van der Waals surface area contributed by atoms with Crippen molar-refractivity contribution in [2.75, 3.05) is 13.1 Å². The molecule has 104 valence electrons. The summed E-state index contributed by atoms with van der Waals surface area (Å²) in [5.41, 5.74) is 2.30. The van der Waals surface area contributed by atoms with Crippen LogP contribution in [-0.2, 0) is 16.6 Å². The molecular weight excluding hydrogens is 262 g/mol. The van der Waals surface area contributed by atoms with Gasteiger partial charge in [0.2, 0.25) is 10.0 Å². The number of nitrogens with zero attached hydrogens (tertiary/aromatic N) is 1. The highest BCUT2D eigenvalue weighted by Crippen LogP contribution is 2.25. The molecule has 4 nitrogen and oxygen atoms in total. The van der Waals surface area contributed by atoms with Crippen LogP contribution >= 0.6 is 0 Å². The molecule has 0 saturated carbocycles. The highest BCUT2D eigenvalue weighted by Gasteiger charge is 2.26. The number of aryl methyl sites for hydroxylation is 2. The average Bonchev–Trinajstić information content (AvgIpc) is 2.39. The van der Waals surface area contributed by atoms with Gasteiger partial charge in [-0.25, -0.2) is 8.42 Å². The molecule has 0 aliphatic carbocycles. The van der Waals surface area contributed by atoms with Crippen LogP contribution in [0.2, 0.25) is 0 Å². The Morgan fingerprint density at radius 3 is 2.53 bits per heavy atom. The van der Waals surface area contributed by atoms with Gasteiger partial charge in [-0.2, -0.15) is 4.31 Å². The molecule has 1 aromatic rings. The summed E-state index contributed by atoms with van der Waals surface area (Å²) in [6.07, 6.45) is 4.61. The maximum atomic E-state index is 12.6. The Hall–Kier alpha value is -1.17. The van der Waals surface area contributed by atoms with Crippen LogP contribution in [0.25, 0.3) is 0 Å². The van der Waals surface area contributed by atoms with Crippen LogP contribution in [0.5, 0.6) is 0 Å². The quantitative estimate of drug-likeness (QED) is 0.859. The van der Waals surface area contributed by atoms with Crippen molar-refractivity contribution in [3.63, 3.8) is 0 Å². The first kappa shape index (κ1) is 14.2. The number of hydrogen-bond acceptors (Lipinski definition) is 3. The van der Waals surface area contributed by atoms with Gasteiger partial charge >= 0.3 is 0 Å². The van der Waals surface area contributed by atoms with Crippen molar-refractivity contribution >= 4 is 10.0 Å². The first-order chi connectivity index (χ1) is 8.96. The van der Waals surface area contributed by atoms with Crippen LogP contribution in [0, 0.1) is 13.8 Å². The van der Waals surface area contributed by atoms with E-state index in [9.17, 15) is 13.5 Å².